The van der Waals surface area contributed by atoms with Crippen LogP contribution in [0.3, 0.4) is 0 Å². The fraction of sp³-hybridized carbons (Fsp3) is 0.536. The first-order chi connectivity index (χ1) is 20.8. The summed E-state index contributed by atoms with van der Waals surface area (Å²) < 4.78 is 161. The van der Waals surface area contributed by atoms with Gasteiger partial charge in [-0.2, -0.15) is 26.3 Å². The lowest BCUT2D eigenvalue weighted by Crippen LogP contribution is -2.51. The number of alkyl halides is 6. The number of benzene rings is 2. The molecule has 256 valence electrons. The van der Waals surface area contributed by atoms with Gasteiger partial charge in [0.15, 0.2) is 0 Å². The number of ether oxygens (including phenoxy) is 2. The van der Waals surface area contributed by atoms with Crippen LogP contribution >= 0.6 is 0 Å². The molecule has 1 N–H and O–H groups in total. The van der Waals surface area contributed by atoms with E-state index in [4.69, 9.17) is 4.74 Å². The maximum Gasteiger partial charge on any atom is 0.427 e. The standard InChI is InChI=1S/C28H31F7N2O7S2/c1-25(2,36-45(39,40)18-6-7-18)14-17-15-37(46(41,42)19-8-9-21(29)20(13-19)27(30,31)32)22-11-16(5-10-23(22)43-17)12-24(38)44-26(3,4)28(33,34)35/h5,8-11,13,17-18,36H,6-7,12,14-15H2,1-4H3/t17-/m0/s1. The van der Waals surface area contributed by atoms with Gasteiger partial charge in [0.1, 0.15) is 17.7 Å². The molecule has 1 fully saturated rings. The number of rotatable bonds is 10. The smallest absolute Gasteiger partial charge is 0.427 e. The van der Waals surface area contributed by atoms with Crippen LogP contribution in [0.4, 0.5) is 36.4 Å². The number of halogens is 7. The summed E-state index contributed by atoms with van der Waals surface area (Å²) >= 11 is 0. The second-order valence-electron chi connectivity index (χ2n) is 12.3. The summed E-state index contributed by atoms with van der Waals surface area (Å²) in [5.74, 6) is -3.14. The maximum absolute atomic E-state index is 14.0. The van der Waals surface area contributed by atoms with E-state index in [1.165, 1.54) is 26.0 Å². The van der Waals surface area contributed by atoms with E-state index in [1.54, 1.807) is 0 Å². The number of carbonyl (C=O) groups is 1. The lowest BCUT2D eigenvalue weighted by Gasteiger charge is -2.39. The van der Waals surface area contributed by atoms with Gasteiger partial charge in [-0.3, -0.25) is 9.10 Å². The van der Waals surface area contributed by atoms with Gasteiger partial charge in [0, 0.05) is 12.0 Å². The van der Waals surface area contributed by atoms with E-state index in [1.807, 2.05) is 0 Å². The summed E-state index contributed by atoms with van der Waals surface area (Å²) in [5, 5.41) is -0.565. The molecule has 1 atom stereocenters. The van der Waals surface area contributed by atoms with Crippen molar-refractivity contribution in [2.45, 2.75) is 93.1 Å². The third-order valence-corrected chi connectivity index (χ3v) is 11.3. The first kappa shape index (κ1) is 35.7. The van der Waals surface area contributed by atoms with E-state index in [-0.39, 0.29) is 29.5 Å². The van der Waals surface area contributed by atoms with Crippen LogP contribution in [0.25, 0.3) is 0 Å². The van der Waals surface area contributed by atoms with Gasteiger partial charge >= 0.3 is 18.3 Å². The van der Waals surface area contributed by atoms with Crippen molar-refractivity contribution in [2.24, 2.45) is 0 Å². The molecule has 46 heavy (non-hydrogen) atoms. The first-order valence-corrected chi connectivity index (χ1v) is 16.8. The Bertz CT molecular complexity index is 1720. The molecule has 0 bridgehead atoms. The van der Waals surface area contributed by atoms with Crippen molar-refractivity contribution in [3.63, 3.8) is 0 Å². The lowest BCUT2D eigenvalue weighted by molar-refractivity contribution is -0.257. The second-order valence-corrected chi connectivity index (χ2v) is 16.1. The Morgan fingerprint density at radius 3 is 2.17 bits per heavy atom. The normalized spacial score (nSPS) is 18.2. The van der Waals surface area contributed by atoms with Gasteiger partial charge in [-0.15, -0.1) is 0 Å². The lowest BCUT2D eigenvalue weighted by atomic mass is 9.97. The maximum atomic E-state index is 14.0. The molecule has 2 aliphatic rings. The molecule has 0 spiro atoms. The number of sulfonamides is 2. The van der Waals surface area contributed by atoms with Crippen LogP contribution < -0.4 is 13.8 Å². The van der Waals surface area contributed by atoms with Gasteiger partial charge in [0.05, 0.1) is 34.4 Å². The zero-order valence-electron chi connectivity index (χ0n) is 24.9. The summed E-state index contributed by atoms with van der Waals surface area (Å²) in [6.45, 7) is 3.81. The molecule has 1 heterocycles. The van der Waals surface area contributed by atoms with Crippen LogP contribution in [-0.4, -0.2) is 58.0 Å². The van der Waals surface area contributed by atoms with Gasteiger partial charge < -0.3 is 9.47 Å². The van der Waals surface area contributed by atoms with Crippen molar-refractivity contribution < 1.29 is 61.8 Å². The Labute approximate surface area is 261 Å². The van der Waals surface area contributed by atoms with Crippen LogP contribution in [0.1, 0.15) is 58.1 Å². The topological polar surface area (TPSA) is 119 Å². The number of hydrogen-bond donors (Lipinski definition) is 1. The molecule has 0 aromatic heterocycles. The third-order valence-electron chi connectivity index (χ3n) is 7.31. The number of carbonyl (C=O) groups excluding carboxylic acids is 1. The predicted octanol–water partition coefficient (Wildman–Crippen LogP) is 5.48. The van der Waals surface area contributed by atoms with E-state index in [2.05, 4.69) is 9.46 Å². The molecule has 0 unspecified atom stereocenters. The number of nitrogens with one attached hydrogen (secondary N) is 1. The zero-order valence-corrected chi connectivity index (χ0v) is 26.6. The van der Waals surface area contributed by atoms with Crippen LogP contribution in [0, 0.1) is 5.82 Å². The highest BCUT2D eigenvalue weighted by Gasteiger charge is 2.51. The Morgan fingerprint density at radius 1 is 0.978 bits per heavy atom. The number of hydrogen-bond acceptors (Lipinski definition) is 7. The molecule has 0 saturated heterocycles. The molecule has 0 amide bonds. The van der Waals surface area contributed by atoms with Gasteiger partial charge in [-0.1, -0.05) is 6.07 Å². The molecule has 1 aliphatic carbocycles. The molecule has 4 rings (SSSR count). The van der Waals surface area contributed by atoms with E-state index >= 15 is 0 Å². The van der Waals surface area contributed by atoms with E-state index in [9.17, 15) is 52.4 Å². The van der Waals surface area contributed by atoms with Crippen molar-refractivity contribution in [1.82, 2.24) is 4.72 Å². The number of fused-ring (bicyclic) bond motifs is 1. The molecule has 2 aromatic rings. The molecule has 2 aromatic carbocycles. The highest BCUT2D eigenvalue weighted by Crippen LogP contribution is 2.41. The van der Waals surface area contributed by atoms with E-state index in [0.717, 1.165) is 6.07 Å². The average Bonchev–Trinajstić information content (AvgIpc) is 3.72. The molecule has 9 nitrogen and oxygen atoms in total. The van der Waals surface area contributed by atoms with Gasteiger partial charge in [0.25, 0.3) is 10.0 Å². The van der Waals surface area contributed by atoms with Crippen molar-refractivity contribution in [2.75, 3.05) is 10.8 Å². The Hall–Kier alpha value is -3.12. The summed E-state index contributed by atoms with van der Waals surface area (Å²) in [6, 6.07) is 4.68. The number of esters is 1. The predicted molar refractivity (Wildman–Crippen MR) is 150 cm³/mol. The third kappa shape index (κ3) is 7.87. The van der Waals surface area contributed by atoms with Crippen molar-refractivity contribution in [1.29, 1.82) is 0 Å². The fourth-order valence-electron chi connectivity index (χ4n) is 4.81. The zero-order chi connectivity index (χ0) is 34.7. The Kier molecular flexibility index (Phi) is 9.20. The second kappa shape index (κ2) is 11.8. The largest absolute Gasteiger partial charge is 0.486 e. The first-order valence-electron chi connectivity index (χ1n) is 13.8. The Balaban J connectivity index is 1.72. The van der Waals surface area contributed by atoms with E-state index in [0.29, 0.717) is 43.1 Å². The Morgan fingerprint density at radius 2 is 1.61 bits per heavy atom. The van der Waals surface area contributed by atoms with Gasteiger partial charge in [0.2, 0.25) is 15.6 Å². The van der Waals surface area contributed by atoms with Crippen molar-refractivity contribution in [3.05, 3.63) is 53.3 Å². The van der Waals surface area contributed by atoms with Gasteiger partial charge in [-0.05, 0) is 76.4 Å². The SMILES string of the molecule is CC(C)(C[C@H]1CN(S(=O)(=O)c2ccc(F)c(C(F)(F)F)c2)c2cc(CC(=O)OC(C)(C)C(F)(F)F)ccc2O1)NS(=O)(=O)C1CC1. The summed E-state index contributed by atoms with van der Waals surface area (Å²) in [5.41, 5.74) is -6.13. The molecular weight excluding hydrogens is 673 g/mol. The van der Waals surface area contributed by atoms with E-state index < -0.39 is 90.1 Å². The van der Waals surface area contributed by atoms with Crippen LogP contribution in [0.2, 0.25) is 0 Å². The van der Waals surface area contributed by atoms with Crippen LogP contribution in [0.15, 0.2) is 41.3 Å². The summed E-state index contributed by atoms with van der Waals surface area (Å²) in [7, 11) is -8.61. The fourth-order valence-corrected chi connectivity index (χ4v) is 8.12. The summed E-state index contributed by atoms with van der Waals surface area (Å²) in [4.78, 5) is 11.5. The van der Waals surface area contributed by atoms with Crippen LogP contribution in [-0.2, 0) is 42.2 Å². The minimum atomic E-state index is -5.23. The highest BCUT2D eigenvalue weighted by molar-refractivity contribution is 7.92. The molecular formula is C28H31F7N2O7S2. The molecule has 1 saturated carbocycles. The minimum absolute atomic E-state index is 0.0171. The minimum Gasteiger partial charge on any atom is -0.486 e. The molecule has 18 heteroatoms. The number of nitrogens with zero attached hydrogens (tertiary/aromatic N) is 1. The highest BCUT2D eigenvalue weighted by atomic mass is 32.2. The van der Waals surface area contributed by atoms with Crippen LogP contribution in [0.5, 0.6) is 5.75 Å². The quantitative estimate of drug-likeness (QED) is 0.257. The van der Waals surface area contributed by atoms with Crippen molar-refractivity contribution >= 4 is 31.7 Å². The number of anilines is 1. The average molecular weight is 705 g/mol. The molecule has 0 radical (unpaired) electrons. The summed E-state index contributed by atoms with van der Waals surface area (Å²) in [6.07, 6.45) is -11.1. The monoisotopic (exact) mass is 704 g/mol. The molecule has 1 aliphatic heterocycles. The van der Waals surface area contributed by atoms with Crippen molar-refractivity contribution in [3.8, 4) is 5.75 Å². The van der Waals surface area contributed by atoms with Gasteiger partial charge in [-0.25, -0.2) is 25.9 Å².